The second-order valence-electron chi connectivity index (χ2n) is 5.17. The average molecular weight is 322 g/mol. The number of nitrogens with zero attached hydrogens (tertiary/aromatic N) is 3. The highest BCUT2D eigenvalue weighted by molar-refractivity contribution is 6.09. The van der Waals surface area contributed by atoms with Crippen molar-refractivity contribution in [1.82, 2.24) is 9.55 Å². The lowest BCUT2D eigenvalue weighted by atomic mass is 10.1. The molecule has 1 aromatic heterocycles. The Hall–Kier alpha value is -3.35. The first-order chi connectivity index (χ1) is 11.7. The van der Waals surface area contributed by atoms with Gasteiger partial charge in [0.2, 0.25) is 0 Å². The molecule has 0 aliphatic carbocycles. The second kappa shape index (κ2) is 5.38. The highest BCUT2D eigenvalue weighted by atomic mass is 16.5. The highest BCUT2D eigenvalue weighted by Gasteiger charge is 2.23. The van der Waals surface area contributed by atoms with Crippen molar-refractivity contribution in [3.8, 4) is 17.2 Å². The monoisotopic (exact) mass is 322 g/mol. The molecule has 1 aliphatic heterocycles. The summed E-state index contributed by atoms with van der Waals surface area (Å²) < 4.78 is 12.2. The van der Waals surface area contributed by atoms with Crippen LogP contribution in [0.15, 0.2) is 46.2 Å². The van der Waals surface area contributed by atoms with Crippen molar-refractivity contribution in [3.63, 3.8) is 0 Å². The Kier molecular flexibility index (Phi) is 3.19. The van der Waals surface area contributed by atoms with Crippen LogP contribution < -0.4 is 20.5 Å². The summed E-state index contributed by atoms with van der Waals surface area (Å²) in [5.41, 5.74) is 1.44. The van der Waals surface area contributed by atoms with Crippen LogP contribution >= 0.6 is 0 Å². The van der Waals surface area contributed by atoms with Gasteiger partial charge in [-0.2, -0.15) is 4.98 Å². The molecule has 0 bridgehead atoms. The molecule has 0 amide bonds. The maximum absolute atomic E-state index is 12.7. The molecule has 0 unspecified atom stereocenters. The van der Waals surface area contributed by atoms with Crippen molar-refractivity contribution >= 4 is 28.7 Å². The number of rotatable bonds is 3. The lowest BCUT2D eigenvalue weighted by molar-refractivity contribution is 0.358. The molecule has 4 rings (SSSR count). The first-order valence-electron chi connectivity index (χ1n) is 7.31. The molecule has 7 nitrogen and oxygen atoms in total. The third-order valence-electron chi connectivity index (χ3n) is 3.90. The van der Waals surface area contributed by atoms with Crippen LogP contribution in [0.25, 0.3) is 16.6 Å². The van der Waals surface area contributed by atoms with E-state index in [9.17, 15) is 4.79 Å². The van der Waals surface area contributed by atoms with Crippen LogP contribution in [0.5, 0.6) is 11.5 Å². The van der Waals surface area contributed by atoms with E-state index < -0.39 is 5.69 Å². The zero-order chi connectivity index (χ0) is 16.7. The zero-order valence-electron chi connectivity index (χ0n) is 13.1. The lowest BCUT2D eigenvalue weighted by Crippen LogP contribution is -2.23. The summed E-state index contributed by atoms with van der Waals surface area (Å²) in [5, 5.41) is 3.78. The van der Waals surface area contributed by atoms with E-state index in [1.165, 1.54) is 11.7 Å². The van der Waals surface area contributed by atoms with E-state index in [0.717, 1.165) is 5.69 Å². The normalized spacial score (nSPS) is 12.1. The van der Waals surface area contributed by atoms with Gasteiger partial charge in [-0.1, -0.05) is 18.2 Å². The van der Waals surface area contributed by atoms with Crippen molar-refractivity contribution in [2.45, 2.75) is 0 Å². The van der Waals surface area contributed by atoms with E-state index in [0.29, 0.717) is 33.9 Å². The first kappa shape index (κ1) is 14.3. The van der Waals surface area contributed by atoms with Gasteiger partial charge in [-0.05, 0) is 12.1 Å². The molecular formula is C17H14N4O3. The number of benzene rings is 2. The number of hydrogen-bond acceptors (Lipinski definition) is 6. The van der Waals surface area contributed by atoms with E-state index in [2.05, 4.69) is 15.3 Å². The Bertz CT molecular complexity index is 1030. The topological polar surface area (TPSA) is 77.7 Å². The van der Waals surface area contributed by atoms with Crippen molar-refractivity contribution in [2.24, 2.45) is 4.99 Å². The van der Waals surface area contributed by atoms with Gasteiger partial charge in [-0.25, -0.2) is 14.4 Å². The number of hydrogen-bond donors (Lipinski definition) is 1. The van der Waals surface area contributed by atoms with Crippen molar-refractivity contribution in [1.29, 1.82) is 0 Å². The molecule has 0 spiro atoms. The Morgan fingerprint density at radius 1 is 1.12 bits per heavy atom. The second-order valence-corrected chi connectivity index (χ2v) is 5.17. The lowest BCUT2D eigenvalue weighted by Gasteiger charge is -2.20. The van der Waals surface area contributed by atoms with Crippen molar-refractivity contribution in [3.05, 3.63) is 46.9 Å². The Morgan fingerprint density at radius 2 is 1.92 bits per heavy atom. The molecule has 7 heteroatoms. The minimum atomic E-state index is -0.430. The smallest absolute Gasteiger partial charge is 0.354 e. The summed E-state index contributed by atoms with van der Waals surface area (Å²) in [6.45, 7) is 0. The van der Waals surface area contributed by atoms with Crippen molar-refractivity contribution < 1.29 is 9.47 Å². The van der Waals surface area contributed by atoms with Gasteiger partial charge in [0.25, 0.3) is 0 Å². The molecule has 2 aromatic carbocycles. The van der Waals surface area contributed by atoms with Gasteiger partial charge in [-0.15, -0.1) is 0 Å². The van der Waals surface area contributed by atoms with E-state index in [1.807, 2.05) is 30.3 Å². The third kappa shape index (κ3) is 1.95. The van der Waals surface area contributed by atoms with E-state index in [4.69, 9.17) is 9.47 Å². The Balaban J connectivity index is 2.17. The van der Waals surface area contributed by atoms with Crippen LogP contribution in [0.4, 0.5) is 11.5 Å². The predicted octanol–water partition coefficient (Wildman–Crippen LogP) is 2.49. The van der Waals surface area contributed by atoms with Gasteiger partial charge in [0.15, 0.2) is 17.3 Å². The summed E-state index contributed by atoms with van der Waals surface area (Å²) in [4.78, 5) is 21.3. The van der Waals surface area contributed by atoms with Crippen LogP contribution in [0.3, 0.4) is 0 Å². The quantitative estimate of drug-likeness (QED) is 0.801. The molecule has 0 atom stereocenters. The Morgan fingerprint density at radius 3 is 2.62 bits per heavy atom. The summed E-state index contributed by atoms with van der Waals surface area (Å²) in [6, 6.07) is 11.1. The number of methoxy groups -OCH3 is 2. The van der Waals surface area contributed by atoms with Crippen LogP contribution in [0.2, 0.25) is 0 Å². The summed E-state index contributed by atoms with van der Waals surface area (Å²) in [6.07, 6.45) is 1.54. The molecule has 1 N–H and O–H groups in total. The average Bonchev–Trinajstić information content (AvgIpc) is 2.62. The number of aromatic nitrogens is 2. The highest BCUT2D eigenvalue weighted by Crippen LogP contribution is 2.43. The largest absolute Gasteiger partial charge is 0.493 e. The standard InChI is InChI=1S/C17H14N4O3/c1-23-12-8-11-13-14(15(12)24-2)20-17(22)21(16(13)19-9-18-11)10-6-4-3-5-7-10/h3-9H,1-2H3,(H,18,19). The number of anilines is 1. The van der Waals surface area contributed by atoms with E-state index >= 15 is 0 Å². The fourth-order valence-electron chi connectivity index (χ4n) is 2.87. The molecule has 24 heavy (non-hydrogen) atoms. The number of para-hydroxylation sites is 1. The molecule has 0 saturated heterocycles. The minimum absolute atomic E-state index is 0.411. The van der Waals surface area contributed by atoms with Crippen molar-refractivity contribution in [2.75, 3.05) is 19.5 Å². The van der Waals surface area contributed by atoms with Gasteiger partial charge >= 0.3 is 5.69 Å². The number of nitrogens with one attached hydrogen (secondary N) is 1. The van der Waals surface area contributed by atoms with Crippen LogP contribution in [0, 0.1) is 0 Å². The molecule has 2 heterocycles. The van der Waals surface area contributed by atoms with Crippen LogP contribution in [-0.4, -0.2) is 30.1 Å². The maximum atomic E-state index is 12.7. The SMILES string of the molecule is COc1cc2c3c(n(-c4ccccc4)c(=O)nc3c1OC)N=CN2. The van der Waals surface area contributed by atoms with Crippen LogP contribution in [0.1, 0.15) is 0 Å². The summed E-state index contributed by atoms with van der Waals surface area (Å²) in [7, 11) is 3.06. The minimum Gasteiger partial charge on any atom is -0.493 e. The van der Waals surface area contributed by atoms with Gasteiger partial charge in [0.1, 0.15) is 5.52 Å². The fourth-order valence-corrected chi connectivity index (χ4v) is 2.87. The Labute approximate surface area is 137 Å². The van der Waals surface area contributed by atoms with Gasteiger partial charge < -0.3 is 14.8 Å². The number of aliphatic imine (C=N–C) groups is 1. The predicted molar refractivity (Wildman–Crippen MR) is 92.2 cm³/mol. The molecule has 120 valence electrons. The van der Waals surface area contributed by atoms with E-state index in [1.54, 1.807) is 19.5 Å². The maximum Gasteiger partial charge on any atom is 0.354 e. The van der Waals surface area contributed by atoms with Gasteiger partial charge in [0, 0.05) is 6.07 Å². The summed E-state index contributed by atoms with van der Waals surface area (Å²) >= 11 is 0. The molecular weight excluding hydrogens is 308 g/mol. The zero-order valence-corrected chi connectivity index (χ0v) is 13.1. The molecule has 0 saturated carbocycles. The molecule has 1 aliphatic rings. The molecule has 3 aromatic rings. The fraction of sp³-hybridized carbons (Fsp3) is 0.118. The van der Waals surface area contributed by atoms with E-state index in [-0.39, 0.29) is 0 Å². The van der Waals surface area contributed by atoms with Gasteiger partial charge in [0.05, 0.1) is 37.3 Å². The van der Waals surface area contributed by atoms with Crippen LogP contribution in [-0.2, 0) is 0 Å². The van der Waals surface area contributed by atoms with Gasteiger partial charge in [-0.3, -0.25) is 0 Å². The number of ether oxygens (including phenoxy) is 2. The summed E-state index contributed by atoms with van der Waals surface area (Å²) in [5.74, 6) is 1.41. The first-order valence-corrected chi connectivity index (χ1v) is 7.31. The molecule has 0 fully saturated rings. The third-order valence-corrected chi connectivity index (χ3v) is 3.90. The molecule has 0 radical (unpaired) electrons.